The smallest absolute Gasteiger partial charge is 0.314 e. The summed E-state index contributed by atoms with van der Waals surface area (Å²) in [6.45, 7) is 5.09. The molecule has 0 saturated heterocycles. The van der Waals surface area contributed by atoms with Crippen LogP contribution in [0.3, 0.4) is 0 Å². The highest BCUT2D eigenvalue weighted by Crippen LogP contribution is 2.46. The maximum absolute atomic E-state index is 12.6. The molecule has 0 bridgehead atoms. The van der Waals surface area contributed by atoms with Gasteiger partial charge in [0.05, 0.1) is 12.5 Å². The summed E-state index contributed by atoms with van der Waals surface area (Å²) in [5.41, 5.74) is 0. The molecule has 2 saturated carbocycles. The van der Waals surface area contributed by atoms with E-state index in [4.69, 9.17) is 9.47 Å². The van der Waals surface area contributed by atoms with Gasteiger partial charge >= 0.3 is 5.97 Å². The minimum Gasteiger partial charge on any atom is -0.494 e. The predicted octanol–water partition coefficient (Wildman–Crippen LogP) is 6.01. The molecule has 0 aromatic heterocycles. The first-order chi connectivity index (χ1) is 12.7. The molecule has 0 heterocycles. The molecule has 0 aliphatic heterocycles. The van der Waals surface area contributed by atoms with Gasteiger partial charge in [0.1, 0.15) is 11.5 Å². The van der Waals surface area contributed by atoms with E-state index in [9.17, 15) is 4.79 Å². The molecule has 0 spiro atoms. The second kappa shape index (κ2) is 9.43. The molecule has 0 N–H and O–H groups in total. The quantitative estimate of drug-likeness (QED) is 0.442. The van der Waals surface area contributed by atoms with E-state index in [0.29, 0.717) is 12.4 Å². The van der Waals surface area contributed by atoms with Gasteiger partial charge in [0.25, 0.3) is 0 Å². The monoisotopic (exact) mass is 358 g/mol. The van der Waals surface area contributed by atoms with Crippen molar-refractivity contribution in [3.63, 3.8) is 0 Å². The Labute approximate surface area is 158 Å². The van der Waals surface area contributed by atoms with E-state index in [2.05, 4.69) is 13.8 Å². The standard InChI is InChI=1S/C23H34O3/c1-3-5-17-6-7-19-16-20(9-8-18(19)15-17)23(24)26-22-12-10-21(11-13-22)25-14-4-2/h10-13,17-20H,3-9,14-16H2,1-2H3. The van der Waals surface area contributed by atoms with Crippen molar-refractivity contribution >= 4 is 5.97 Å². The van der Waals surface area contributed by atoms with E-state index in [1.807, 2.05) is 24.3 Å². The summed E-state index contributed by atoms with van der Waals surface area (Å²) in [6.07, 6.45) is 11.0. The van der Waals surface area contributed by atoms with Gasteiger partial charge in [-0.3, -0.25) is 4.79 Å². The average Bonchev–Trinajstić information content (AvgIpc) is 2.67. The van der Waals surface area contributed by atoms with Crippen LogP contribution >= 0.6 is 0 Å². The minimum absolute atomic E-state index is 0.0404. The molecule has 26 heavy (non-hydrogen) atoms. The van der Waals surface area contributed by atoms with Gasteiger partial charge in [0, 0.05) is 0 Å². The van der Waals surface area contributed by atoms with Crippen molar-refractivity contribution in [2.24, 2.45) is 23.7 Å². The SMILES string of the molecule is CCCOc1ccc(OC(=O)C2CCC3CC(CCC)CCC3C2)cc1. The van der Waals surface area contributed by atoms with Crippen molar-refractivity contribution in [2.75, 3.05) is 6.61 Å². The second-order valence-corrected chi connectivity index (χ2v) is 8.24. The van der Waals surface area contributed by atoms with Gasteiger partial charge in [-0.1, -0.05) is 33.1 Å². The first kappa shape index (κ1) is 19.3. The predicted molar refractivity (Wildman–Crippen MR) is 104 cm³/mol. The summed E-state index contributed by atoms with van der Waals surface area (Å²) in [6, 6.07) is 7.43. The molecule has 1 aromatic rings. The zero-order chi connectivity index (χ0) is 18.4. The van der Waals surface area contributed by atoms with E-state index in [0.717, 1.165) is 42.8 Å². The Morgan fingerprint density at radius 2 is 1.62 bits per heavy atom. The third kappa shape index (κ3) is 5.02. The van der Waals surface area contributed by atoms with Crippen LogP contribution in [0.5, 0.6) is 11.5 Å². The number of esters is 1. The molecule has 4 atom stereocenters. The van der Waals surface area contributed by atoms with Gasteiger partial charge in [0.15, 0.2) is 0 Å². The number of rotatable bonds is 7. The molecule has 2 aliphatic rings. The van der Waals surface area contributed by atoms with Crippen molar-refractivity contribution in [3.8, 4) is 11.5 Å². The van der Waals surface area contributed by atoms with E-state index < -0.39 is 0 Å². The van der Waals surface area contributed by atoms with Crippen molar-refractivity contribution in [1.29, 1.82) is 0 Å². The van der Waals surface area contributed by atoms with Crippen LogP contribution in [0, 0.1) is 23.7 Å². The largest absolute Gasteiger partial charge is 0.494 e. The lowest BCUT2D eigenvalue weighted by Crippen LogP contribution is -2.35. The van der Waals surface area contributed by atoms with E-state index in [-0.39, 0.29) is 11.9 Å². The van der Waals surface area contributed by atoms with Crippen LogP contribution in [0.15, 0.2) is 24.3 Å². The Hall–Kier alpha value is -1.51. The molecule has 1 aromatic carbocycles. The molecule has 2 aliphatic carbocycles. The van der Waals surface area contributed by atoms with E-state index >= 15 is 0 Å². The van der Waals surface area contributed by atoms with Crippen LogP contribution in [0.1, 0.15) is 71.6 Å². The Morgan fingerprint density at radius 1 is 0.923 bits per heavy atom. The first-order valence-corrected chi connectivity index (χ1v) is 10.6. The molecule has 0 radical (unpaired) electrons. The summed E-state index contributed by atoms with van der Waals surface area (Å²) < 4.78 is 11.2. The van der Waals surface area contributed by atoms with Crippen molar-refractivity contribution < 1.29 is 14.3 Å². The summed E-state index contributed by atoms with van der Waals surface area (Å²) in [7, 11) is 0. The van der Waals surface area contributed by atoms with Gasteiger partial charge in [-0.25, -0.2) is 0 Å². The van der Waals surface area contributed by atoms with Crippen LogP contribution in [-0.2, 0) is 4.79 Å². The second-order valence-electron chi connectivity index (χ2n) is 8.24. The molecule has 4 unspecified atom stereocenters. The molecular weight excluding hydrogens is 324 g/mol. The summed E-state index contributed by atoms with van der Waals surface area (Å²) in [4.78, 5) is 12.6. The number of hydrogen-bond acceptors (Lipinski definition) is 3. The number of benzene rings is 1. The van der Waals surface area contributed by atoms with Crippen LogP contribution in [0.25, 0.3) is 0 Å². The molecule has 3 nitrogen and oxygen atoms in total. The molecule has 2 fully saturated rings. The zero-order valence-electron chi connectivity index (χ0n) is 16.4. The third-order valence-corrected chi connectivity index (χ3v) is 6.27. The number of carbonyl (C=O) groups is 1. The molecule has 3 heteroatoms. The van der Waals surface area contributed by atoms with E-state index in [1.54, 1.807) is 0 Å². The minimum atomic E-state index is -0.0404. The van der Waals surface area contributed by atoms with E-state index in [1.165, 1.54) is 38.5 Å². The van der Waals surface area contributed by atoms with Crippen LogP contribution in [0.4, 0.5) is 0 Å². The fourth-order valence-electron chi connectivity index (χ4n) is 4.89. The molecular formula is C23H34O3. The maximum atomic E-state index is 12.6. The summed E-state index contributed by atoms with van der Waals surface area (Å²) >= 11 is 0. The highest BCUT2D eigenvalue weighted by atomic mass is 16.5. The number of hydrogen-bond donors (Lipinski definition) is 0. The van der Waals surface area contributed by atoms with Crippen molar-refractivity contribution in [1.82, 2.24) is 0 Å². The normalized spacial score (nSPS) is 28.2. The summed E-state index contributed by atoms with van der Waals surface area (Å²) in [5, 5.41) is 0. The van der Waals surface area contributed by atoms with Crippen molar-refractivity contribution in [3.05, 3.63) is 24.3 Å². The maximum Gasteiger partial charge on any atom is 0.314 e. The van der Waals surface area contributed by atoms with Gasteiger partial charge in [-0.15, -0.1) is 0 Å². The topological polar surface area (TPSA) is 35.5 Å². The number of fused-ring (bicyclic) bond motifs is 1. The lowest BCUT2D eigenvalue weighted by molar-refractivity contribution is -0.141. The highest BCUT2D eigenvalue weighted by Gasteiger charge is 2.38. The fraction of sp³-hybridized carbons (Fsp3) is 0.696. The Bertz CT molecular complexity index is 565. The Morgan fingerprint density at radius 3 is 2.35 bits per heavy atom. The fourth-order valence-corrected chi connectivity index (χ4v) is 4.89. The lowest BCUT2D eigenvalue weighted by Gasteiger charge is -2.41. The van der Waals surface area contributed by atoms with Gasteiger partial charge in [-0.2, -0.15) is 0 Å². The Balaban J connectivity index is 1.49. The average molecular weight is 359 g/mol. The Kier molecular flexibility index (Phi) is 6.99. The number of carbonyl (C=O) groups excluding carboxylic acids is 1. The van der Waals surface area contributed by atoms with Crippen molar-refractivity contribution in [2.45, 2.75) is 71.6 Å². The third-order valence-electron chi connectivity index (χ3n) is 6.27. The van der Waals surface area contributed by atoms with Crippen LogP contribution in [-0.4, -0.2) is 12.6 Å². The molecule has 3 rings (SSSR count). The first-order valence-electron chi connectivity index (χ1n) is 10.6. The molecule has 0 amide bonds. The molecule has 144 valence electrons. The van der Waals surface area contributed by atoms with Crippen LogP contribution in [0.2, 0.25) is 0 Å². The zero-order valence-corrected chi connectivity index (χ0v) is 16.4. The van der Waals surface area contributed by atoms with Crippen LogP contribution < -0.4 is 9.47 Å². The van der Waals surface area contributed by atoms with Gasteiger partial charge in [0.2, 0.25) is 0 Å². The highest BCUT2D eigenvalue weighted by molar-refractivity contribution is 5.75. The van der Waals surface area contributed by atoms with Gasteiger partial charge in [-0.05, 0) is 80.5 Å². The lowest BCUT2D eigenvalue weighted by atomic mass is 9.64. The number of ether oxygens (including phenoxy) is 2. The summed E-state index contributed by atoms with van der Waals surface area (Å²) in [5.74, 6) is 4.01. The van der Waals surface area contributed by atoms with Gasteiger partial charge < -0.3 is 9.47 Å².